The highest BCUT2D eigenvalue weighted by molar-refractivity contribution is 6.04. The van der Waals surface area contributed by atoms with Crippen molar-refractivity contribution < 1.29 is 19.5 Å². The Morgan fingerprint density at radius 3 is 2.65 bits per heavy atom. The summed E-state index contributed by atoms with van der Waals surface area (Å²) in [4.78, 5) is 37.5. The lowest BCUT2D eigenvalue weighted by molar-refractivity contribution is -0.255. The third-order valence-electron chi connectivity index (χ3n) is 4.52. The first kappa shape index (κ1) is 17.7. The molecule has 0 spiro atoms. The minimum Gasteiger partial charge on any atom is -0.545 e. The molecule has 1 aliphatic heterocycles. The van der Waals surface area contributed by atoms with Crippen LogP contribution < -0.4 is 15.3 Å². The van der Waals surface area contributed by atoms with Crippen LogP contribution in [0, 0.1) is 19.8 Å². The van der Waals surface area contributed by atoms with Crippen LogP contribution in [0.2, 0.25) is 0 Å². The molecular weight excluding hydrogens is 332 g/mol. The molecule has 2 aromatic rings. The van der Waals surface area contributed by atoms with E-state index in [1.807, 2.05) is 32.0 Å². The molecule has 26 heavy (non-hydrogen) atoms. The van der Waals surface area contributed by atoms with Crippen molar-refractivity contribution in [1.82, 2.24) is 0 Å². The highest BCUT2D eigenvalue weighted by Crippen LogP contribution is 2.29. The van der Waals surface area contributed by atoms with Gasteiger partial charge < -0.3 is 20.1 Å². The molecule has 1 aliphatic rings. The smallest absolute Gasteiger partial charge is 0.229 e. The molecule has 3 rings (SSSR count). The van der Waals surface area contributed by atoms with E-state index in [-0.39, 0.29) is 23.8 Å². The van der Waals surface area contributed by atoms with Crippen LogP contribution in [0.25, 0.3) is 0 Å². The molecule has 1 N–H and O–H groups in total. The van der Waals surface area contributed by atoms with Gasteiger partial charge in [-0.15, -0.1) is 0 Å². The Morgan fingerprint density at radius 2 is 1.92 bits per heavy atom. The molecule has 1 atom stereocenters. The van der Waals surface area contributed by atoms with Gasteiger partial charge in [-0.2, -0.15) is 0 Å². The van der Waals surface area contributed by atoms with E-state index >= 15 is 0 Å². The summed E-state index contributed by atoms with van der Waals surface area (Å²) in [6.45, 7) is 4.19. The first-order valence-electron chi connectivity index (χ1n) is 8.35. The summed E-state index contributed by atoms with van der Waals surface area (Å²) >= 11 is 0. The van der Waals surface area contributed by atoms with E-state index in [2.05, 4.69) is 5.32 Å². The van der Waals surface area contributed by atoms with Gasteiger partial charge in [-0.05, 0) is 48.7 Å². The first-order valence-corrected chi connectivity index (χ1v) is 8.35. The summed E-state index contributed by atoms with van der Waals surface area (Å²) in [5, 5.41) is 13.6. The van der Waals surface area contributed by atoms with Gasteiger partial charge in [0, 0.05) is 24.3 Å². The van der Waals surface area contributed by atoms with E-state index in [0.717, 1.165) is 16.8 Å². The molecule has 6 nitrogen and oxygen atoms in total. The minimum absolute atomic E-state index is 0.0117. The Bertz CT molecular complexity index is 891. The SMILES string of the molecule is Cc1ccc(C)c(N2CC(C(=O)Nc3cccc(C(=O)[O-])c3)CC2=O)c1. The van der Waals surface area contributed by atoms with Crippen LogP contribution in [-0.2, 0) is 9.59 Å². The van der Waals surface area contributed by atoms with Crippen LogP contribution in [0.3, 0.4) is 0 Å². The summed E-state index contributed by atoms with van der Waals surface area (Å²) < 4.78 is 0. The van der Waals surface area contributed by atoms with Gasteiger partial charge in [-0.25, -0.2) is 0 Å². The molecule has 2 amide bonds. The predicted molar refractivity (Wildman–Crippen MR) is 95.8 cm³/mol. The highest BCUT2D eigenvalue weighted by atomic mass is 16.4. The largest absolute Gasteiger partial charge is 0.545 e. The van der Waals surface area contributed by atoms with Crippen molar-refractivity contribution in [2.75, 3.05) is 16.8 Å². The maximum atomic E-state index is 12.5. The van der Waals surface area contributed by atoms with Crippen molar-refractivity contribution >= 4 is 29.2 Å². The molecular formula is C20H19N2O4-. The van der Waals surface area contributed by atoms with Crippen molar-refractivity contribution in [1.29, 1.82) is 0 Å². The molecule has 0 aliphatic carbocycles. The second-order valence-corrected chi connectivity index (χ2v) is 6.55. The van der Waals surface area contributed by atoms with Crippen molar-refractivity contribution in [3.8, 4) is 0 Å². The number of nitrogens with zero attached hydrogens (tertiary/aromatic N) is 1. The fourth-order valence-corrected chi connectivity index (χ4v) is 3.09. The van der Waals surface area contributed by atoms with Crippen LogP contribution in [0.4, 0.5) is 11.4 Å². The molecule has 1 heterocycles. The van der Waals surface area contributed by atoms with Crippen molar-refractivity contribution in [2.45, 2.75) is 20.3 Å². The van der Waals surface area contributed by atoms with Crippen molar-refractivity contribution in [3.05, 3.63) is 59.2 Å². The lowest BCUT2D eigenvalue weighted by atomic mass is 10.1. The molecule has 134 valence electrons. The Labute approximate surface area is 151 Å². The molecule has 0 radical (unpaired) electrons. The van der Waals surface area contributed by atoms with Gasteiger partial charge >= 0.3 is 0 Å². The van der Waals surface area contributed by atoms with Crippen molar-refractivity contribution in [2.24, 2.45) is 5.92 Å². The quantitative estimate of drug-likeness (QED) is 0.907. The second-order valence-electron chi connectivity index (χ2n) is 6.55. The lowest BCUT2D eigenvalue weighted by Gasteiger charge is -2.19. The van der Waals surface area contributed by atoms with E-state index < -0.39 is 11.9 Å². The minimum atomic E-state index is -1.31. The highest BCUT2D eigenvalue weighted by Gasteiger charge is 2.35. The fraction of sp³-hybridized carbons (Fsp3) is 0.250. The van der Waals surface area contributed by atoms with E-state index in [0.29, 0.717) is 12.2 Å². The molecule has 6 heteroatoms. The van der Waals surface area contributed by atoms with E-state index in [1.165, 1.54) is 18.2 Å². The van der Waals surface area contributed by atoms with Gasteiger partial charge in [0.1, 0.15) is 0 Å². The number of rotatable bonds is 4. The van der Waals surface area contributed by atoms with E-state index in [1.54, 1.807) is 11.0 Å². The molecule has 1 fully saturated rings. The zero-order valence-corrected chi connectivity index (χ0v) is 14.6. The van der Waals surface area contributed by atoms with Crippen LogP contribution in [0.1, 0.15) is 27.9 Å². The van der Waals surface area contributed by atoms with Crippen LogP contribution >= 0.6 is 0 Å². The maximum absolute atomic E-state index is 12.5. The standard InChI is InChI=1S/C20H20N2O4/c1-12-6-7-13(2)17(8-12)22-11-15(10-18(22)23)19(24)21-16-5-3-4-14(9-16)20(25)26/h3-9,15H,10-11H2,1-2H3,(H,21,24)(H,25,26)/p-1. The Balaban J connectivity index is 1.74. The summed E-state index contributed by atoms with van der Waals surface area (Å²) in [7, 11) is 0. The lowest BCUT2D eigenvalue weighted by Crippen LogP contribution is -2.28. The predicted octanol–water partition coefficient (Wildman–Crippen LogP) is 1.66. The third kappa shape index (κ3) is 3.59. The van der Waals surface area contributed by atoms with E-state index in [9.17, 15) is 19.5 Å². The molecule has 2 aromatic carbocycles. The number of anilines is 2. The number of amides is 2. The summed E-state index contributed by atoms with van der Waals surface area (Å²) in [6.07, 6.45) is 0.124. The number of aryl methyl sites for hydroxylation is 2. The number of carbonyl (C=O) groups excluding carboxylic acids is 3. The molecule has 0 bridgehead atoms. The normalized spacial score (nSPS) is 16.6. The van der Waals surface area contributed by atoms with Crippen LogP contribution in [0.15, 0.2) is 42.5 Å². The molecule has 1 unspecified atom stereocenters. The summed E-state index contributed by atoms with van der Waals surface area (Å²) in [5.74, 6) is -2.20. The van der Waals surface area contributed by atoms with Gasteiger partial charge in [0.15, 0.2) is 0 Å². The van der Waals surface area contributed by atoms with Crippen LogP contribution in [-0.4, -0.2) is 24.3 Å². The zero-order chi connectivity index (χ0) is 18.8. The van der Waals surface area contributed by atoms with Gasteiger partial charge in [0.25, 0.3) is 0 Å². The Morgan fingerprint density at radius 1 is 1.15 bits per heavy atom. The number of hydrogen-bond acceptors (Lipinski definition) is 4. The average molecular weight is 351 g/mol. The topological polar surface area (TPSA) is 89.5 Å². The molecule has 1 saturated heterocycles. The number of carboxylic acids is 1. The summed E-state index contributed by atoms with van der Waals surface area (Å²) in [5.41, 5.74) is 3.21. The Hall–Kier alpha value is -3.15. The number of carbonyl (C=O) groups is 3. The number of nitrogens with one attached hydrogen (secondary N) is 1. The maximum Gasteiger partial charge on any atom is 0.229 e. The van der Waals surface area contributed by atoms with Crippen LogP contribution in [0.5, 0.6) is 0 Å². The van der Waals surface area contributed by atoms with Gasteiger partial charge in [-0.1, -0.05) is 24.3 Å². The van der Waals surface area contributed by atoms with E-state index in [4.69, 9.17) is 0 Å². The number of hydrogen-bond donors (Lipinski definition) is 1. The molecule has 0 saturated carbocycles. The summed E-state index contributed by atoms with van der Waals surface area (Å²) in [6, 6.07) is 11.7. The third-order valence-corrected chi connectivity index (χ3v) is 4.52. The van der Waals surface area contributed by atoms with Gasteiger partial charge in [-0.3, -0.25) is 9.59 Å². The second kappa shape index (κ2) is 7.00. The molecule has 0 aromatic heterocycles. The number of carboxylic acid groups (broad SMARTS) is 1. The Kier molecular flexibility index (Phi) is 4.75. The van der Waals surface area contributed by atoms with Crippen molar-refractivity contribution in [3.63, 3.8) is 0 Å². The first-order chi connectivity index (χ1) is 12.3. The zero-order valence-electron chi connectivity index (χ0n) is 14.6. The number of aromatic carboxylic acids is 1. The average Bonchev–Trinajstić information content (AvgIpc) is 2.99. The van der Waals surface area contributed by atoms with Gasteiger partial charge in [0.05, 0.1) is 11.9 Å². The fourth-order valence-electron chi connectivity index (χ4n) is 3.09. The van der Waals surface area contributed by atoms with Gasteiger partial charge in [0.2, 0.25) is 11.8 Å². The monoisotopic (exact) mass is 351 g/mol. The number of benzene rings is 2.